The number of aromatic nitrogens is 4. The van der Waals surface area contributed by atoms with Crippen LogP contribution < -0.4 is 10.2 Å². The molecule has 1 aliphatic carbocycles. The number of para-hydroxylation sites is 1. The summed E-state index contributed by atoms with van der Waals surface area (Å²) in [5.41, 5.74) is 8.71. The van der Waals surface area contributed by atoms with Crippen molar-refractivity contribution in [2.75, 3.05) is 31.1 Å². The van der Waals surface area contributed by atoms with E-state index in [1.165, 1.54) is 61.8 Å². The van der Waals surface area contributed by atoms with Crippen LogP contribution >= 0.6 is 0 Å². The van der Waals surface area contributed by atoms with E-state index in [-0.39, 0.29) is 0 Å². The van der Waals surface area contributed by atoms with Crippen LogP contribution in [0.4, 0.5) is 5.69 Å². The average molecular weight is 521 g/mol. The lowest BCUT2D eigenvalue weighted by molar-refractivity contribution is 0.503. The number of imidazole rings is 1. The number of fused-ring (bicyclic) bond motifs is 2. The quantitative estimate of drug-likeness (QED) is 0.201. The van der Waals surface area contributed by atoms with Gasteiger partial charge in [-0.15, -0.1) is 0 Å². The number of anilines is 1. The summed E-state index contributed by atoms with van der Waals surface area (Å²) in [5, 5.41) is 12.6. The summed E-state index contributed by atoms with van der Waals surface area (Å²) in [6, 6.07) is 12.9. The van der Waals surface area contributed by atoms with Crippen molar-refractivity contribution < 1.29 is 0 Å². The molecule has 1 saturated heterocycles. The highest BCUT2D eigenvalue weighted by atomic mass is 15.2. The zero-order valence-corrected chi connectivity index (χ0v) is 23.1. The van der Waals surface area contributed by atoms with E-state index in [4.69, 9.17) is 10.1 Å². The smallest absolute Gasteiger partial charge is 0.159 e. The van der Waals surface area contributed by atoms with Gasteiger partial charge in [0.1, 0.15) is 11.2 Å². The number of aromatic amines is 2. The predicted molar refractivity (Wildman–Crippen MR) is 164 cm³/mol. The third-order valence-electron chi connectivity index (χ3n) is 8.46. The Labute approximate surface area is 231 Å². The Hall–Kier alpha value is -3.64. The molecule has 4 aromatic rings. The van der Waals surface area contributed by atoms with Gasteiger partial charge in [-0.2, -0.15) is 5.10 Å². The van der Waals surface area contributed by atoms with E-state index in [9.17, 15) is 0 Å². The molecule has 2 aromatic carbocycles. The van der Waals surface area contributed by atoms with Gasteiger partial charge in [-0.3, -0.25) is 5.10 Å². The second-order valence-corrected chi connectivity index (χ2v) is 11.1. The van der Waals surface area contributed by atoms with Gasteiger partial charge >= 0.3 is 0 Å². The topological polar surface area (TPSA) is 72.6 Å². The van der Waals surface area contributed by atoms with Crippen molar-refractivity contribution in [3.05, 3.63) is 72.3 Å². The molecule has 0 spiro atoms. The molecule has 2 aromatic heterocycles. The number of H-pyrrole nitrogens is 2. The maximum atomic E-state index is 5.08. The Kier molecular flexibility index (Phi) is 7.64. The minimum atomic E-state index is 0.804. The number of piperidine rings is 1. The average Bonchev–Trinajstić information content (AvgIpc) is 3.74. The molecule has 6 nitrogen and oxygen atoms in total. The number of nitrogens with one attached hydrogen (secondary N) is 3. The first-order valence-electron chi connectivity index (χ1n) is 14.7. The molecular formula is C33H40N6. The van der Waals surface area contributed by atoms with Crippen LogP contribution in [0, 0.1) is 5.92 Å². The number of hydrogen-bond donors (Lipinski definition) is 3. The summed E-state index contributed by atoms with van der Waals surface area (Å²) in [6.45, 7) is 10.3. The van der Waals surface area contributed by atoms with Crippen molar-refractivity contribution >= 4 is 33.2 Å². The molecule has 1 saturated carbocycles. The molecule has 3 heterocycles. The Morgan fingerprint density at radius 3 is 2.72 bits per heavy atom. The first kappa shape index (κ1) is 25.6. The van der Waals surface area contributed by atoms with Crippen molar-refractivity contribution in [3.8, 4) is 11.5 Å². The minimum Gasteiger partial charge on any atom is -0.370 e. The van der Waals surface area contributed by atoms with Gasteiger partial charge in [0.15, 0.2) is 5.82 Å². The molecule has 6 heteroatoms. The maximum Gasteiger partial charge on any atom is 0.159 e. The van der Waals surface area contributed by atoms with Crippen molar-refractivity contribution in [3.63, 3.8) is 0 Å². The Balaban J connectivity index is 1.28. The van der Waals surface area contributed by atoms with Crippen LogP contribution in [0.1, 0.15) is 57.4 Å². The van der Waals surface area contributed by atoms with E-state index in [0.717, 1.165) is 71.1 Å². The van der Waals surface area contributed by atoms with Crippen LogP contribution in [0.25, 0.3) is 39.0 Å². The number of benzene rings is 2. The Morgan fingerprint density at radius 1 is 1.08 bits per heavy atom. The Bertz CT molecular complexity index is 1510. The third-order valence-corrected chi connectivity index (χ3v) is 8.46. The molecule has 202 valence electrons. The standard InChI is InChI=1S/C33H40N6/c1-3-23(21-34-22-24-11-6-7-12-24)19-25(4-2)26-15-16-28-27(20-26)31(38-37-28)33-35-29-13-10-14-30(32(29)36-33)39-17-8-5-9-18-39/h3-4,10,13-16,19-20,24,34H,1,5-9,11-12,17-18,21-22H2,2H3,(H,35,36)(H,37,38)/b23-19+,25-4+. The van der Waals surface area contributed by atoms with Crippen LogP contribution in [-0.4, -0.2) is 46.3 Å². The zero-order chi connectivity index (χ0) is 26.6. The van der Waals surface area contributed by atoms with Gasteiger partial charge < -0.3 is 15.2 Å². The highest BCUT2D eigenvalue weighted by molar-refractivity contribution is 5.97. The Morgan fingerprint density at radius 2 is 1.92 bits per heavy atom. The van der Waals surface area contributed by atoms with Crippen LogP contribution in [0.15, 0.2) is 66.8 Å². The lowest BCUT2D eigenvalue weighted by Gasteiger charge is -2.28. The van der Waals surface area contributed by atoms with Gasteiger partial charge in [0.25, 0.3) is 0 Å². The SMILES string of the molecule is C=C/C(=C\C(=C/C)c1ccc2[nH]nc(-c3nc4c(N5CCCCC5)cccc4[nH]3)c2c1)CNCC1CCCC1. The second kappa shape index (κ2) is 11.6. The van der Waals surface area contributed by atoms with Crippen molar-refractivity contribution in [2.45, 2.75) is 51.9 Å². The highest BCUT2D eigenvalue weighted by Crippen LogP contribution is 2.33. The molecule has 0 bridgehead atoms. The van der Waals surface area contributed by atoms with Crippen LogP contribution in [0.5, 0.6) is 0 Å². The van der Waals surface area contributed by atoms with Crippen LogP contribution in [-0.2, 0) is 0 Å². The molecule has 0 atom stereocenters. The molecular weight excluding hydrogens is 480 g/mol. The monoisotopic (exact) mass is 520 g/mol. The van der Waals surface area contributed by atoms with Gasteiger partial charge in [-0.25, -0.2) is 4.98 Å². The fourth-order valence-corrected chi connectivity index (χ4v) is 6.24. The molecule has 0 unspecified atom stereocenters. The van der Waals surface area contributed by atoms with Gasteiger partial charge in [-0.1, -0.05) is 49.8 Å². The number of hydrogen-bond acceptors (Lipinski definition) is 4. The molecule has 0 radical (unpaired) electrons. The lowest BCUT2D eigenvalue weighted by Crippen LogP contribution is -2.29. The molecule has 39 heavy (non-hydrogen) atoms. The van der Waals surface area contributed by atoms with Gasteiger partial charge in [0.05, 0.1) is 16.7 Å². The lowest BCUT2D eigenvalue weighted by atomic mass is 10.00. The number of nitrogens with zero attached hydrogens (tertiary/aromatic N) is 3. The second-order valence-electron chi connectivity index (χ2n) is 11.1. The normalized spacial score (nSPS) is 17.5. The molecule has 6 rings (SSSR count). The fourth-order valence-electron chi connectivity index (χ4n) is 6.24. The van der Waals surface area contributed by atoms with E-state index >= 15 is 0 Å². The van der Waals surface area contributed by atoms with Crippen LogP contribution in [0.3, 0.4) is 0 Å². The van der Waals surface area contributed by atoms with Gasteiger partial charge in [-0.05, 0) is 92.5 Å². The molecule has 0 amide bonds. The molecule has 2 aliphatic rings. The van der Waals surface area contributed by atoms with Crippen molar-refractivity contribution in [2.24, 2.45) is 5.92 Å². The summed E-state index contributed by atoms with van der Waals surface area (Å²) >= 11 is 0. The van der Waals surface area contributed by atoms with Crippen molar-refractivity contribution in [1.29, 1.82) is 0 Å². The van der Waals surface area contributed by atoms with Gasteiger partial charge in [0.2, 0.25) is 0 Å². The van der Waals surface area contributed by atoms with E-state index in [1.807, 2.05) is 6.08 Å². The fraction of sp³-hybridized carbons (Fsp3) is 0.394. The van der Waals surface area contributed by atoms with E-state index < -0.39 is 0 Å². The summed E-state index contributed by atoms with van der Waals surface area (Å²) < 4.78 is 0. The predicted octanol–water partition coefficient (Wildman–Crippen LogP) is 7.39. The number of rotatable bonds is 9. The summed E-state index contributed by atoms with van der Waals surface area (Å²) in [6.07, 6.45) is 15.7. The molecule has 1 aliphatic heterocycles. The van der Waals surface area contributed by atoms with Gasteiger partial charge in [0, 0.05) is 25.0 Å². The third kappa shape index (κ3) is 5.44. The van der Waals surface area contributed by atoms with E-state index in [1.54, 1.807) is 0 Å². The maximum absolute atomic E-state index is 5.08. The number of allylic oxidation sites excluding steroid dienone is 3. The highest BCUT2D eigenvalue weighted by Gasteiger charge is 2.19. The molecule has 3 N–H and O–H groups in total. The van der Waals surface area contributed by atoms with E-state index in [0.29, 0.717) is 0 Å². The zero-order valence-electron chi connectivity index (χ0n) is 23.1. The first-order chi connectivity index (χ1) is 19.2. The first-order valence-corrected chi connectivity index (χ1v) is 14.7. The minimum absolute atomic E-state index is 0.804. The summed E-state index contributed by atoms with van der Waals surface area (Å²) in [7, 11) is 0. The molecule has 2 fully saturated rings. The summed E-state index contributed by atoms with van der Waals surface area (Å²) in [4.78, 5) is 11.1. The summed E-state index contributed by atoms with van der Waals surface area (Å²) in [5.74, 6) is 1.63. The van der Waals surface area contributed by atoms with E-state index in [2.05, 4.69) is 82.4 Å². The van der Waals surface area contributed by atoms with Crippen LogP contribution in [0.2, 0.25) is 0 Å². The largest absolute Gasteiger partial charge is 0.370 e. The van der Waals surface area contributed by atoms with Crippen molar-refractivity contribution in [1.82, 2.24) is 25.5 Å².